The molecule has 2 heterocycles. The first-order valence-corrected chi connectivity index (χ1v) is 11.9. The van der Waals surface area contributed by atoms with Crippen LogP contribution in [-0.4, -0.2) is 44.9 Å². The van der Waals surface area contributed by atoms with Crippen LogP contribution in [0.25, 0.3) is 22.0 Å². The number of fused-ring (bicyclic) bond motifs is 1. The lowest BCUT2D eigenvalue weighted by molar-refractivity contribution is 0.122. The highest BCUT2D eigenvalue weighted by molar-refractivity contribution is 7.92. The number of nitrogens with zero attached hydrogens (tertiary/aromatic N) is 3. The lowest BCUT2D eigenvalue weighted by Gasteiger charge is -2.27. The Morgan fingerprint density at radius 1 is 0.812 bits per heavy atom. The molecule has 1 saturated heterocycles. The van der Waals surface area contributed by atoms with Crippen LogP contribution in [0, 0.1) is 0 Å². The number of sulfonamides is 1. The molecular formula is C24H22N4O3S. The van der Waals surface area contributed by atoms with Gasteiger partial charge in [-0.2, -0.15) is 0 Å². The third kappa shape index (κ3) is 4.28. The van der Waals surface area contributed by atoms with Gasteiger partial charge in [-0.25, -0.2) is 8.42 Å². The fraction of sp³-hybridized carbons (Fsp3) is 0.167. The number of nitrogens with one attached hydrogen (secondary N) is 1. The van der Waals surface area contributed by atoms with Gasteiger partial charge in [-0.1, -0.05) is 42.5 Å². The lowest BCUT2D eigenvalue weighted by Crippen LogP contribution is -2.36. The second kappa shape index (κ2) is 8.57. The SMILES string of the molecule is O=S(=O)(Nc1cccc(-c2ccc(N3CCOCC3)nn2)c1)c1ccc2ccccc2c1. The standard InChI is InChI=1S/C24H22N4O3S/c29-32(30,22-9-8-18-4-1-2-5-19(18)17-22)27-21-7-3-6-20(16-21)23-10-11-24(26-25-23)28-12-14-31-15-13-28/h1-11,16-17,27H,12-15H2. The van der Waals surface area contributed by atoms with Crippen molar-refractivity contribution in [3.63, 3.8) is 0 Å². The molecule has 162 valence electrons. The first-order chi connectivity index (χ1) is 15.6. The number of benzene rings is 3. The number of rotatable bonds is 5. The summed E-state index contributed by atoms with van der Waals surface area (Å²) in [6.07, 6.45) is 0. The van der Waals surface area contributed by atoms with Crippen LogP contribution < -0.4 is 9.62 Å². The van der Waals surface area contributed by atoms with Crippen LogP contribution in [0.15, 0.2) is 83.8 Å². The minimum atomic E-state index is -3.73. The van der Waals surface area contributed by atoms with E-state index in [1.165, 1.54) is 0 Å². The molecule has 1 aromatic heterocycles. The van der Waals surface area contributed by atoms with Crippen LogP contribution >= 0.6 is 0 Å². The lowest BCUT2D eigenvalue weighted by atomic mass is 10.1. The predicted molar refractivity (Wildman–Crippen MR) is 125 cm³/mol. The fourth-order valence-electron chi connectivity index (χ4n) is 3.73. The van der Waals surface area contributed by atoms with E-state index in [-0.39, 0.29) is 4.90 Å². The molecule has 3 aromatic carbocycles. The molecule has 7 nitrogen and oxygen atoms in total. The minimum absolute atomic E-state index is 0.219. The number of ether oxygens (including phenoxy) is 1. The van der Waals surface area contributed by atoms with E-state index >= 15 is 0 Å². The summed E-state index contributed by atoms with van der Waals surface area (Å²) in [4.78, 5) is 2.35. The van der Waals surface area contributed by atoms with Gasteiger partial charge in [0.2, 0.25) is 0 Å². The zero-order valence-electron chi connectivity index (χ0n) is 17.3. The maximum absolute atomic E-state index is 13.0. The number of aromatic nitrogens is 2. The molecule has 0 spiro atoms. The average molecular weight is 447 g/mol. The topological polar surface area (TPSA) is 84.4 Å². The fourth-order valence-corrected chi connectivity index (χ4v) is 4.82. The first kappa shape index (κ1) is 20.4. The smallest absolute Gasteiger partial charge is 0.261 e. The van der Waals surface area contributed by atoms with Gasteiger partial charge < -0.3 is 9.64 Å². The molecule has 0 radical (unpaired) electrons. The van der Waals surface area contributed by atoms with Gasteiger partial charge in [-0.05, 0) is 47.2 Å². The van der Waals surface area contributed by atoms with Crippen LogP contribution in [0.1, 0.15) is 0 Å². The van der Waals surface area contributed by atoms with E-state index in [0.717, 1.165) is 35.2 Å². The maximum atomic E-state index is 13.0. The monoisotopic (exact) mass is 446 g/mol. The summed E-state index contributed by atoms with van der Waals surface area (Å²) >= 11 is 0. The second-order valence-corrected chi connectivity index (χ2v) is 9.25. The Bertz CT molecular complexity index is 1350. The maximum Gasteiger partial charge on any atom is 0.261 e. The van der Waals surface area contributed by atoms with E-state index in [9.17, 15) is 8.42 Å². The molecular weight excluding hydrogens is 424 g/mol. The molecule has 0 aliphatic carbocycles. The van der Waals surface area contributed by atoms with Crippen molar-refractivity contribution in [3.8, 4) is 11.3 Å². The van der Waals surface area contributed by atoms with Gasteiger partial charge in [-0.3, -0.25) is 4.72 Å². The highest BCUT2D eigenvalue weighted by Crippen LogP contribution is 2.25. The summed E-state index contributed by atoms with van der Waals surface area (Å²) in [5.74, 6) is 0.810. The van der Waals surface area contributed by atoms with Gasteiger partial charge in [0.25, 0.3) is 10.0 Å². The Labute approximate surface area is 186 Å². The molecule has 32 heavy (non-hydrogen) atoms. The Kier molecular flexibility index (Phi) is 5.46. The summed E-state index contributed by atoms with van der Waals surface area (Å²) in [5.41, 5.74) is 1.92. The van der Waals surface area contributed by atoms with E-state index in [1.807, 2.05) is 48.5 Å². The van der Waals surface area contributed by atoms with Crippen molar-refractivity contribution in [1.29, 1.82) is 0 Å². The van der Waals surface area contributed by atoms with E-state index in [2.05, 4.69) is 19.8 Å². The molecule has 0 unspecified atom stereocenters. The highest BCUT2D eigenvalue weighted by Gasteiger charge is 2.16. The highest BCUT2D eigenvalue weighted by atomic mass is 32.2. The quantitative estimate of drug-likeness (QED) is 0.500. The molecule has 8 heteroatoms. The van der Waals surface area contributed by atoms with Crippen LogP contribution in [0.5, 0.6) is 0 Å². The van der Waals surface area contributed by atoms with Crippen LogP contribution in [0.2, 0.25) is 0 Å². The van der Waals surface area contributed by atoms with Gasteiger partial charge in [0.05, 0.1) is 23.8 Å². The van der Waals surface area contributed by atoms with Crippen LogP contribution in [0.4, 0.5) is 11.5 Å². The molecule has 5 rings (SSSR count). The van der Waals surface area contributed by atoms with Gasteiger partial charge in [-0.15, -0.1) is 10.2 Å². The normalized spacial score (nSPS) is 14.4. The summed E-state index contributed by atoms with van der Waals surface area (Å²) in [5, 5.41) is 10.6. The van der Waals surface area contributed by atoms with E-state index in [0.29, 0.717) is 24.6 Å². The molecule has 1 aliphatic heterocycles. The van der Waals surface area contributed by atoms with E-state index in [1.54, 1.807) is 30.3 Å². The summed E-state index contributed by atoms with van der Waals surface area (Å²) in [6.45, 7) is 2.95. The van der Waals surface area contributed by atoms with Crippen molar-refractivity contribution in [3.05, 3.63) is 78.9 Å². The van der Waals surface area contributed by atoms with Crippen molar-refractivity contribution < 1.29 is 13.2 Å². The Balaban J connectivity index is 1.37. The zero-order valence-corrected chi connectivity index (χ0v) is 18.1. The van der Waals surface area contributed by atoms with Crippen molar-refractivity contribution in [2.24, 2.45) is 0 Å². The average Bonchev–Trinajstić information content (AvgIpc) is 2.84. The predicted octanol–water partition coefficient (Wildman–Crippen LogP) is 3.93. The summed E-state index contributed by atoms with van der Waals surface area (Å²) in [6, 6.07) is 23.8. The zero-order chi connectivity index (χ0) is 22.0. The van der Waals surface area contributed by atoms with Gasteiger partial charge in [0, 0.05) is 24.3 Å². The number of hydrogen-bond acceptors (Lipinski definition) is 6. The molecule has 1 fully saturated rings. The number of morpholine rings is 1. The molecule has 0 atom stereocenters. The van der Waals surface area contributed by atoms with Gasteiger partial charge in [0.15, 0.2) is 5.82 Å². The van der Waals surface area contributed by atoms with Crippen LogP contribution in [0.3, 0.4) is 0 Å². The molecule has 0 amide bonds. The largest absolute Gasteiger partial charge is 0.378 e. The van der Waals surface area contributed by atoms with Crippen molar-refractivity contribution in [1.82, 2.24) is 10.2 Å². The first-order valence-electron chi connectivity index (χ1n) is 10.4. The minimum Gasteiger partial charge on any atom is -0.378 e. The van der Waals surface area contributed by atoms with E-state index < -0.39 is 10.0 Å². The molecule has 4 aromatic rings. The Morgan fingerprint density at radius 2 is 1.62 bits per heavy atom. The van der Waals surface area contributed by atoms with E-state index in [4.69, 9.17) is 4.74 Å². The van der Waals surface area contributed by atoms with Crippen molar-refractivity contribution in [2.45, 2.75) is 4.90 Å². The molecule has 0 bridgehead atoms. The molecule has 1 aliphatic rings. The number of hydrogen-bond donors (Lipinski definition) is 1. The van der Waals surface area contributed by atoms with Crippen LogP contribution in [-0.2, 0) is 14.8 Å². The number of anilines is 2. The summed E-state index contributed by atoms with van der Waals surface area (Å²) < 4.78 is 34.0. The Hall–Kier alpha value is -3.49. The third-order valence-electron chi connectivity index (χ3n) is 5.43. The van der Waals surface area contributed by atoms with Gasteiger partial charge >= 0.3 is 0 Å². The molecule has 1 N–H and O–H groups in total. The third-order valence-corrected chi connectivity index (χ3v) is 6.81. The van der Waals surface area contributed by atoms with Crippen molar-refractivity contribution in [2.75, 3.05) is 35.9 Å². The summed E-state index contributed by atoms with van der Waals surface area (Å²) in [7, 11) is -3.73. The Morgan fingerprint density at radius 3 is 2.41 bits per heavy atom. The molecule has 0 saturated carbocycles. The van der Waals surface area contributed by atoms with Crippen molar-refractivity contribution >= 4 is 32.3 Å². The van der Waals surface area contributed by atoms with Gasteiger partial charge in [0.1, 0.15) is 0 Å². The second-order valence-electron chi connectivity index (χ2n) is 7.57.